The Morgan fingerprint density at radius 3 is 2.22 bits per heavy atom. The number of carbonyl (C=O) groups excluding carboxylic acids is 1. The zero-order valence-corrected chi connectivity index (χ0v) is 15.9. The van der Waals surface area contributed by atoms with Gasteiger partial charge in [0, 0.05) is 6.54 Å². The molecule has 1 atom stereocenters. The van der Waals surface area contributed by atoms with Gasteiger partial charge in [0.1, 0.15) is 11.5 Å². The van der Waals surface area contributed by atoms with Crippen LogP contribution in [-0.4, -0.2) is 18.1 Å². The maximum atomic E-state index is 12.3. The van der Waals surface area contributed by atoms with E-state index in [-0.39, 0.29) is 12.0 Å². The topological polar surface area (TPSA) is 47.6 Å². The number of hydrogen-bond donors (Lipinski definition) is 1. The van der Waals surface area contributed by atoms with Gasteiger partial charge in [-0.25, -0.2) is 0 Å². The highest BCUT2D eigenvalue weighted by Crippen LogP contribution is 2.21. The van der Waals surface area contributed by atoms with Crippen LogP contribution in [0.4, 0.5) is 0 Å². The molecule has 0 radical (unpaired) electrons. The number of ether oxygens (including phenoxy) is 2. The number of carbonyl (C=O) groups is 1. The first-order valence-electron chi connectivity index (χ1n) is 9.20. The first-order chi connectivity index (χ1) is 13.0. The Labute approximate surface area is 160 Å². The fourth-order valence-corrected chi connectivity index (χ4v) is 2.79. The van der Waals surface area contributed by atoms with Crippen LogP contribution >= 0.6 is 0 Å². The highest BCUT2D eigenvalue weighted by molar-refractivity contribution is 5.84. The van der Waals surface area contributed by atoms with Crippen LogP contribution in [0, 0.1) is 0 Å². The fourth-order valence-electron chi connectivity index (χ4n) is 2.79. The van der Waals surface area contributed by atoms with Crippen molar-refractivity contribution in [2.24, 2.45) is 0 Å². The quantitative estimate of drug-likeness (QED) is 0.661. The summed E-state index contributed by atoms with van der Waals surface area (Å²) >= 11 is 0. The van der Waals surface area contributed by atoms with E-state index in [1.165, 1.54) is 0 Å². The van der Waals surface area contributed by atoms with Crippen LogP contribution < -0.4 is 14.8 Å². The largest absolute Gasteiger partial charge is 0.491 e. The van der Waals surface area contributed by atoms with Crippen LogP contribution in [0.5, 0.6) is 11.5 Å². The van der Waals surface area contributed by atoms with E-state index in [1.807, 2.05) is 80.6 Å². The molecule has 0 spiro atoms. The second-order valence-corrected chi connectivity index (χ2v) is 6.80. The molecular formula is C23H25NO3. The van der Waals surface area contributed by atoms with E-state index in [1.54, 1.807) is 6.92 Å². The SMILES string of the molecule is CC(C)Oc1ccc(CNC(=O)[C@@H](C)Oc2ccc3ccccc3c2)cc1. The van der Waals surface area contributed by atoms with Crippen LogP contribution in [0.3, 0.4) is 0 Å². The summed E-state index contributed by atoms with van der Waals surface area (Å²) in [6, 6.07) is 21.6. The maximum Gasteiger partial charge on any atom is 0.261 e. The van der Waals surface area contributed by atoms with Crippen molar-refractivity contribution in [2.45, 2.75) is 39.5 Å². The molecule has 3 aromatic carbocycles. The van der Waals surface area contributed by atoms with Crippen molar-refractivity contribution in [3.63, 3.8) is 0 Å². The molecule has 3 rings (SSSR count). The molecule has 0 fully saturated rings. The Hall–Kier alpha value is -3.01. The molecule has 0 aromatic heterocycles. The third-order valence-electron chi connectivity index (χ3n) is 4.16. The average molecular weight is 363 g/mol. The standard InChI is InChI=1S/C23H25NO3/c1-16(2)26-21-11-8-18(9-12-21)15-24-23(25)17(3)27-22-13-10-19-6-4-5-7-20(19)14-22/h4-14,16-17H,15H2,1-3H3,(H,24,25)/t17-/m1/s1. The predicted molar refractivity (Wildman–Crippen MR) is 108 cm³/mol. The van der Waals surface area contributed by atoms with E-state index in [0.717, 1.165) is 22.1 Å². The van der Waals surface area contributed by atoms with Gasteiger partial charge in [0.2, 0.25) is 0 Å². The van der Waals surface area contributed by atoms with Gasteiger partial charge in [-0.1, -0.05) is 42.5 Å². The Balaban J connectivity index is 1.53. The van der Waals surface area contributed by atoms with Crippen LogP contribution in [-0.2, 0) is 11.3 Å². The summed E-state index contributed by atoms with van der Waals surface area (Å²) in [4.78, 5) is 12.3. The summed E-state index contributed by atoms with van der Waals surface area (Å²) in [6.45, 7) is 6.19. The molecule has 0 bridgehead atoms. The fraction of sp³-hybridized carbons (Fsp3) is 0.261. The minimum absolute atomic E-state index is 0.142. The van der Waals surface area contributed by atoms with Crippen molar-refractivity contribution in [2.75, 3.05) is 0 Å². The van der Waals surface area contributed by atoms with Crippen molar-refractivity contribution >= 4 is 16.7 Å². The van der Waals surface area contributed by atoms with Crippen molar-refractivity contribution in [3.05, 3.63) is 72.3 Å². The van der Waals surface area contributed by atoms with Crippen LogP contribution in [0.1, 0.15) is 26.3 Å². The van der Waals surface area contributed by atoms with Gasteiger partial charge in [0.05, 0.1) is 6.10 Å². The van der Waals surface area contributed by atoms with Crippen LogP contribution in [0.25, 0.3) is 10.8 Å². The number of benzene rings is 3. The van der Waals surface area contributed by atoms with E-state index in [2.05, 4.69) is 5.32 Å². The van der Waals surface area contributed by atoms with E-state index in [9.17, 15) is 4.79 Å². The Morgan fingerprint density at radius 1 is 0.852 bits per heavy atom. The third kappa shape index (κ3) is 5.23. The zero-order chi connectivity index (χ0) is 19.2. The van der Waals surface area contributed by atoms with Gasteiger partial charge in [-0.15, -0.1) is 0 Å². The summed E-state index contributed by atoms with van der Waals surface area (Å²) < 4.78 is 11.4. The predicted octanol–water partition coefficient (Wildman–Crippen LogP) is 4.71. The molecule has 0 aliphatic carbocycles. The molecule has 27 heavy (non-hydrogen) atoms. The normalized spacial score (nSPS) is 12.0. The summed E-state index contributed by atoms with van der Waals surface area (Å²) in [5.74, 6) is 1.37. The molecule has 0 heterocycles. The first kappa shape index (κ1) is 18.8. The van der Waals surface area contributed by atoms with Crippen molar-refractivity contribution in [1.29, 1.82) is 0 Å². The Kier molecular flexibility index (Phi) is 5.97. The number of hydrogen-bond acceptors (Lipinski definition) is 3. The summed E-state index contributed by atoms with van der Waals surface area (Å²) in [6.07, 6.45) is -0.432. The van der Waals surface area contributed by atoms with Gasteiger partial charge in [-0.05, 0) is 61.4 Å². The van der Waals surface area contributed by atoms with Crippen molar-refractivity contribution < 1.29 is 14.3 Å². The van der Waals surface area contributed by atoms with E-state index >= 15 is 0 Å². The monoisotopic (exact) mass is 363 g/mol. The lowest BCUT2D eigenvalue weighted by Crippen LogP contribution is -2.35. The van der Waals surface area contributed by atoms with Crippen LogP contribution in [0.2, 0.25) is 0 Å². The molecule has 0 aliphatic heterocycles. The number of amides is 1. The molecular weight excluding hydrogens is 338 g/mol. The first-order valence-corrected chi connectivity index (χ1v) is 9.20. The van der Waals surface area contributed by atoms with Crippen molar-refractivity contribution in [1.82, 2.24) is 5.32 Å². The number of fused-ring (bicyclic) bond motifs is 1. The lowest BCUT2D eigenvalue weighted by Gasteiger charge is -2.15. The highest BCUT2D eigenvalue weighted by Gasteiger charge is 2.14. The average Bonchev–Trinajstić information content (AvgIpc) is 2.66. The molecule has 4 nitrogen and oxygen atoms in total. The molecule has 1 N–H and O–H groups in total. The van der Waals surface area contributed by atoms with E-state index < -0.39 is 6.10 Å². The Bertz CT molecular complexity index is 903. The van der Waals surface area contributed by atoms with Crippen LogP contribution in [0.15, 0.2) is 66.7 Å². The lowest BCUT2D eigenvalue weighted by atomic mass is 10.1. The zero-order valence-electron chi connectivity index (χ0n) is 15.9. The minimum atomic E-state index is -0.574. The molecule has 0 aliphatic rings. The minimum Gasteiger partial charge on any atom is -0.491 e. The third-order valence-corrected chi connectivity index (χ3v) is 4.16. The molecule has 140 valence electrons. The van der Waals surface area contributed by atoms with Gasteiger partial charge >= 0.3 is 0 Å². The van der Waals surface area contributed by atoms with Gasteiger partial charge < -0.3 is 14.8 Å². The molecule has 3 aromatic rings. The molecule has 1 amide bonds. The van der Waals surface area contributed by atoms with Gasteiger partial charge in [-0.3, -0.25) is 4.79 Å². The summed E-state index contributed by atoms with van der Waals surface area (Å²) in [5, 5.41) is 5.15. The smallest absolute Gasteiger partial charge is 0.261 e. The number of rotatable bonds is 7. The van der Waals surface area contributed by atoms with Gasteiger partial charge in [0.15, 0.2) is 6.10 Å². The second kappa shape index (κ2) is 8.58. The van der Waals surface area contributed by atoms with Gasteiger partial charge in [-0.2, -0.15) is 0 Å². The second-order valence-electron chi connectivity index (χ2n) is 6.80. The number of nitrogens with one attached hydrogen (secondary N) is 1. The maximum absolute atomic E-state index is 12.3. The Morgan fingerprint density at radius 2 is 1.52 bits per heavy atom. The lowest BCUT2D eigenvalue weighted by molar-refractivity contribution is -0.127. The highest BCUT2D eigenvalue weighted by atomic mass is 16.5. The molecule has 0 saturated carbocycles. The van der Waals surface area contributed by atoms with E-state index in [0.29, 0.717) is 12.3 Å². The molecule has 4 heteroatoms. The van der Waals surface area contributed by atoms with Crippen molar-refractivity contribution in [3.8, 4) is 11.5 Å². The van der Waals surface area contributed by atoms with E-state index in [4.69, 9.17) is 9.47 Å². The molecule has 0 saturated heterocycles. The summed E-state index contributed by atoms with van der Waals surface area (Å²) in [5.41, 5.74) is 1.01. The molecule has 0 unspecified atom stereocenters. The summed E-state index contributed by atoms with van der Waals surface area (Å²) in [7, 11) is 0. The van der Waals surface area contributed by atoms with Gasteiger partial charge in [0.25, 0.3) is 5.91 Å².